The Morgan fingerprint density at radius 3 is 2.73 bits per heavy atom. The summed E-state index contributed by atoms with van der Waals surface area (Å²) in [4.78, 5) is 21.3. The van der Waals surface area contributed by atoms with Gasteiger partial charge in [0, 0.05) is 24.2 Å². The Bertz CT molecular complexity index is 782. The van der Waals surface area contributed by atoms with Gasteiger partial charge in [-0.2, -0.15) is 0 Å². The molecule has 2 aliphatic rings. The summed E-state index contributed by atoms with van der Waals surface area (Å²) in [6, 6.07) is 0. The van der Waals surface area contributed by atoms with Crippen LogP contribution in [0.4, 0.5) is 5.13 Å². The van der Waals surface area contributed by atoms with Gasteiger partial charge < -0.3 is 14.5 Å². The SMILES string of the molecule is Cc1csc(CN2CC3(CCN(c4nnc(C)s4)CC3)OCCC2=O)n1. The number of carbonyl (C=O) groups is 1. The summed E-state index contributed by atoms with van der Waals surface area (Å²) in [5.74, 6) is 0.164. The molecule has 1 amide bonds. The van der Waals surface area contributed by atoms with Crippen LogP contribution in [0.15, 0.2) is 5.38 Å². The van der Waals surface area contributed by atoms with E-state index < -0.39 is 0 Å². The second-order valence-electron chi connectivity index (χ2n) is 7.00. The van der Waals surface area contributed by atoms with Crippen molar-refractivity contribution in [2.45, 2.75) is 45.3 Å². The fourth-order valence-corrected chi connectivity index (χ4v) is 5.12. The Hall–Kier alpha value is -1.58. The number of nitrogens with zero attached hydrogens (tertiary/aromatic N) is 5. The number of rotatable bonds is 3. The first kappa shape index (κ1) is 17.8. The van der Waals surface area contributed by atoms with Crippen LogP contribution in [0.3, 0.4) is 0 Å². The molecule has 140 valence electrons. The Kier molecular flexibility index (Phi) is 4.94. The lowest BCUT2D eigenvalue weighted by Crippen LogP contribution is -2.52. The quantitative estimate of drug-likeness (QED) is 0.797. The first-order valence-electron chi connectivity index (χ1n) is 8.91. The van der Waals surface area contributed by atoms with Gasteiger partial charge in [-0.3, -0.25) is 4.79 Å². The van der Waals surface area contributed by atoms with Gasteiger partial charge in [0.1, 0.15) is 10.0 Å². The predicted molar refractivity (Wildman–Crippen MR) is 102 cm³/mol. The number of carbonyl (C=O) groups excluding carboxylic acids is 1. The van der Waals surface area contributed by atoms with Crippen molar-refractivity contribution in [2.75, 3.05) is 31.1 Å². The maximum absolute atomic E-state index is 12.5. The third-order valence-corrected chi connectivity index (χ3v) is 6.86. The van der Waals surface area contributed by atoms with Gasteiger partial charge in [-0.15, -0.1) is 21.5 Å². The van der Waals surface area contributed by atoms with Crippen LogP contribution in [0.5, 0.6) is 0 Å². The van der Waals surface area contributed by atoms with Crippen LogP contribution in [0, 0.1) is 13.8 Å². The molecule has 4 heterocycles. The van der Waals surface area contributed by atoms with Gasteiger partial charge in [-0.25, -0.2) is 4.98 Å². The summed E-state index contributed by atoms with van der Waals surface area (Å²) >= 11 is 3.25. The summed E-state index contributed by atoms with van der Waals surface area (Å²) in [6.45, 7) is 7.46. The van der Waals surface area contributed by atoms with Crippen molar-refractivity contribution in [3.63, 3.8) is 0 Å². The molecule has 9 heteroatoms. The number of ether oxygens (including phenoxy) is 1. The minimum atomic E-state index is -0.255. The van der Waals surface area contributed by atoms with Crippen LogP contribution in [-0.2, 0) is 16.1 Å². The Labute approximate surface area is 161 Å². The van der Waals surface area contributed by atoms with E-state index in [-0.39, 0.29) is 11.5 Å². The summed E-state index contributed by atoms with van der Waals surface area (Å²) < 4.78 is 6.23. The Balaban J connectivity index is 1.45. The molecule has 0 saturated carbocycles. The van der Waals surface area contributed by atoms with Crippen LogP contribution >= 0.6 is 22.7 Å². The average molecular weight is 394 g/mol. The molecule has 26 heavy (non-hydrogen) atoms. The third-order valence-electron chi connectivity index (χ3n) is 5.01. The monoisotopic (exact) mass is 393 g/mol. The van der Waals surface area contributed by atoms with Crippen molar-refractivity contribution < 1.29 is 9.53 Å². The van der Waals surface area contributed by atoms with E-state index in [1.165, 1.54) is 0 Å². The van der Waals surface area contributed by atoms with Crippen LogP contribution in [0.1, 0.15) is 35.0 Å². The normalized spacial score (nSPS) is 20.6. The van der Waals surface area contributed by atoms with Crippen molar-refractivity contribution in [3.8, 4) is 0 Å². The standard InChI is InChI=1S/C17H23N5O2S2/c1-12-10-25-14(18-12)9-22-11-17(24-8-3-15(22)23)4-6-21(7-5-17)16-20-19-13(2)26-16/h10H,3-9,11H2,1-2H3. The summed E-state index contributed by atoms with van der Waals surface area (Å²) in [5.41, 5.74) is 0.758. The number of thiazole rings is 1. The highest BCUT2D eigenvalue weighted by molar-refractivity contribution is 7.15. The highest BCUT2D eigenvalue weighted by Crippen LogP contribution is 2.33. The fraction of sp³-hybridized carbons (Fsp3) is 0.647. The molecule has 0 atom stereocenters. The van der Waals surface area contributed by atoms with Gasteiger partial charge in [0.2, 0.25) is 11.0 Å². The zero-order chi connectivity index (χ0) is 18.1. The molecule has 0 N–H and O–H groups in total. The molecule has 0 aromatic carbocycles. The molecule has 7 nitrogen and oxygen atoms in total. The van der Waals surface area contributed by atoms with Gasteiger partial charge in [-0.05, 0) is 26.7 Å². The van der Waals surface area contributed by atoms with E-state index >= 15 is 0 Å². The largest absolute Gasteiger partial charge is 0.372 e. The zero-order valence-electron chi connectivity index (χ0n) is 15.1. The van der Waals surface area contributed by atoms with Crippen molar-refractivity contribution in [3.05, 3.63) is 21.1 Å². The molecular weight excluding hydrogens is 370 g/mol. The smallest absolute Gasteiger partial charge is 0.225 e. The molecule has 2 aliphatic heterocycles. The topological polar surface area (TPSA) is 71.5 Å². The minimum Gasteiger partial charge on any atom is -0.372 e. The van der Waals surface area contributed by atoms with Crippen molar-refractivity contribution in [2.24, 2.45) is 0 Å². The van der Waals surface area contributed by atoms with Gasteiger partial charge in [-0.1, -0.05) is 11.3 Å². The summed E-state index contributed by atoms with van der Waals surface area (Å²) in [6.07, 6.45) is 2.24. The molecule has 0 bridgehead atoms. The van der Waals surface area contributed by atoms with E-state index in [2.05, 4.69) is 20.1 Å². The lowest BCUT2D eigenvalue weighted by Gasteiger charge is -2.42. The first-order chi connectivity index (χ1) is 12.5. The maximum atomic E-state index is 12.5. The fourth-order valence-electron chi connectivity index (χ4n) is 3.60. The molecule has 0 aliphatic carbocycles. The van der Waals surface area contributed by atoms with E-state index in [0.29, 0.717) is 26.1 Å². The molecule has 0 unspecified atom stereocenters. The molecule has 2 aromatic heterocycles. The highest BCUT2D eigenvalue weighted by Gasteiger charge is 2.41. The first-order valence-corrected chi connectivity index (χ1v) is 10.6. The highest BCUT2D eigenvalue weighted by atomic mass is 32.1. The molecular formula is C17H23N5O2S2. The van der Waals surface area contributed by atoms with E-state index in [4.69, 9.17) is 4.74 Å². The Morgan fingerprint density at radius 1 is 1.27 bits per heavy atom. The number of aryl methyl sites for hydroxylation is 2. The van der Waals surface area contributed by atoms with Gasteiger partial charge in [0.15, 0.2) is 0 Å². The van der Waals surface area contributed by atoms with Gasteiger partial charge >= 0.3 is 0 Å². The second kappa shape index (κ2) is 7.21. The molecule has 2 fully saturated rings. The lowest BCUT2D eigenvalue weighted by atomic mass is 9.90. The molecule has 4 rings (SSSR count). The van der Waals surface area contributed by atoms with Crippen molar-refractivity contribution in [1.82, 2.24) is 20.1 Å². The molecule has 2 saturated heterocycles. The Morgan fingerprint density at radius 2 is 2.08 bits per heavy atom. The van der Waals surface area contributed by atoms with E-state index in [0.717, 1.165) is 46.8 Å². The average Bonchev–Trinajstić information content (AvgIpc) is 3.19. The van der Waals surface area contributed by atoms with Crippen LogP contribution in [0.25, 0.3) is 0 Å². The second-order valence-corrected chi connectivity index (χ2v) is 9.11. The number of amides is 1. The molecule has 0 radical (unpaired) electrons. The third kappa shape index (κ3) is 3.74. The van der Waals surface area contributed by atoms with E-state index in [9.17, 15) is 4.79 Å². The predicted octanol–water partition coefficient (Wildman–Crippen LogP) is 2.40. The minimum absolute atomic E-state index is 0.164. The van der Waals surface area contributed by atoms with Crippen molar-refractivity contribution >= 4 is 33.7 Å². The van der Waals surface area contributed by atoms with Crippen LogP contribution in [-0.4, -0.2) is 57.8 Å². The molecule has 2 aromatic rings. The van der Waals surface area contributed by atoms with E-state index in [1.807, 2.05) is 24.1 Å². The van der Waals surface area contributed by atoms with E-state index in [1.54, 1.807) is 22.7 Å². The van der Waals surface area contributed by atoms with Crippen molar-refractivity contribution in [1.29, 1.82) is 0 Å². The number of hydrogen-bond acceptors (Lipinski definition) is 8. The molecule has 1 spiro atoms. The number of hydrogen-bond donors (Lipinski definition) is 0. The van der Waals surface area contributed by atoms with Crippen LogP contribution in [0.2, 0.25) is 0 Å². The maximum Gasteiger partial charge on any atom is 0.225 e. The van der Waals surface area contributed by atoms with Gasteiger partial charge in [0.05, 0.1) is 31.7 Å². The number of anilines is 1. The summed E-state index contributed by atoms with van der Waals surface area (Å²) in [7, 11) is 0. The lowest BCUT2D eigenvalue weighted by molar-refractivity contribution is -0.132. The number of piperidine rings is 1. The van der Waals surface area contributed by atoms with Crippen LogP contribution < -0.4 is 4.90 Å². The summed E-state index contributed by atoms with van der Waals surface area (Å²) in [5, 5.41) is 13.4. The van der Waals surface area contributed by atoms with Gasteiger partial charge in [0.25, 0.3) is 0 Å². The number of aromatic nitrogens is 3. The zero-order valence-corrected chi connectivity index (χ0v) is 16.7.